The van der Waals surface area contributed by atoms with Gasteiger partial charge in [-0.1, -0.05) is 15.9 Å². The Hall–Kier alpha value is -1.03. The van der Waals surface area contributed by atoms with Crippen LogP contribution in [0.25, 0.3) is 0 Å². The van der Waals surface area contributed by atoms with E-state index in [1.165, 1.54) is 0 Å². The van der Waals surface area contributed by atoms with E-state index in [2.05, 4.69) is 15.9 Å². The fraction of sp³-hybridized carbons (Fsp3) is 0.462. The van der Waals surface area contributed by atoms with Gasteiger partial charge >= 0.3 is 5.97 Å². The molecule has 92 valence electrons. The van der Waals surface area contributed by atoms with Crippen molar-refractivity contribution in [3.63, 3.8) is 0 Å². The minimum absolute atomic E-state index is 0.167. The van der Waals surface area contributed by atoms with Crippen molar-refractivity contribution in [1.82, 2.24) is 0 Å². The number of ether oxygens (including phenoxy) is 1. The third-order valence-corrected chi connectivity index (χ3v) is 3.60. The second-order valence-electron chi connectivity index (χ2n) is 4.47. The van der Waals surface area contributed by atoms with Gasteiger partial charge in [-0.05, 0) is 49.4 Å². The summed E-state index contributed by atoms with van der Waals surface area (Å²) in [6.07, 6.45) is 3.19. The number of benzene rings is 1. The standard InChI is InChI=1S/C13H15BrO3/c14-10-2-5-11(6-3-10)17-12-4-1-9(7-12)8-13(15)16/h2-3,5-6,9,12H,1,4,7-8H2,(H,15,16). The summed E-state index contributed by atoms with van der Waals surface area (Å²) in [5.74, 6) is 0.418. The third-order valence-electron chi connectivity index (χ3n) is 3.07. The van der Waals surface area contributed by atoms with Gasteiger partial charge in [0.1, 0.15) is 5.75 Å². The number of carbonyl (C=O) groups is 1. The Morgan fingerprint density at radius 3 is 2.71 bits per heavy atom. The molecular formula is C13H15BrO3. The number of carboxylic acid groups (broad SMARTS) is 1. The van der Waals surface area contributed by atoms with Crippen LogP contribution >= 0.6 is 15.9 Å². The lowest BCUT2D eigenvalue weighted by molar-refractivity contribution is -0.138. The van der Waals surface area contributed by atoms with Crippen molar-refractivity contribution >= 4 is 21.9 Å². The molecule has 17 heavy (non-hydrogen) atoms. The van der Waals surface area contributed by atoms with Crippen molar-refractivity contribution in [2.45, 2.75) is 31.8 Å². The van der Waals surface area contributed by atoms with Gasteiger partial charge in [0.2, 0.25) is 0 Å². The molecule has 1 aliphatic carbocycles. The zero-order valence-electron chi connectivity index (χ0n) is 9.43. The first-order valence-electron chi connectivity index (χ1n) is 5.77. The monoisotopic (exact) mass is 298 g/mol. The second kappa shape index (κ2) is 5.54. The van der Waals surface area contributed by atoms with E-state index in [9.17, 15) is 4.79 Å². The Labute approximate surface area is 109 Å². The number of rotatable bonds is 4. The first-order valence-corrected chi connectivity index (χ1v) is 6.57. The quantitative estimate of drug-likeness (QED) is 0.926. The van der Waals surface area contributed by atoms with E-state index in [4.69, 9.17) is 9.84 Å². The molecule has 2 atom stereocenters. The van der Waals surface area contributed by atoms with Gasteiger partial charge in [0.25, 0.3) is 0 Å². The van der Waals surface area contributed by atoms with Gasteiger partial charge in [0.15, 0.2) is 0 Å². The SMILES string of the molecule is O=C(O)CC1CCC(Oc2ccc(Br)cc2)C1. The number of hydrogen-bond acceptors (Lipinski definition) is 2. The van der Waals surface area contributed by atoms with Crippen LogP contribution in [-0.2, 0) is 4.79 Å². The van der Waals surface area contributed by atoms with Crippen LogP contribution in [0.1, 0.15) is 25.7 Å². The Bertz CT molecular complexity index is 388. The molecule has 0 spiro atoms. The highest BCUT2D eigenvalue weighted by molar-refractivity contribution is 9.10. The molecule has 2 unspecified atom stereocenters. The Kier molecular flexibility index (Phi) is 4.05. The highest BCUT2D eigenvalue weighted by Gasteiger charge is 2.27. The average Bonchev–Trinajstić information content (AvgIpc) is 2.68. The van der Waals surface area contributed by atoms with Crippen LogP contribution in [0.3, 0.4) is 0 Å². The van der Waals surface area contributed by atoms with Crippen molar-refractivity contribution in [3.8, 4) is 5.75 Å². The molecule has 1 aromatic rings. The summed E-state index contributed by atoms with van der Waals surface area (Å²) in [5, 5.41) is 8.73. The topological polar surface area (TPSA) is 46.5 Å². The summed E-state index contributed by atoms with van der Waals surface area (Å²) in [6.45, 7) is 0. The summed E-state index contributed by atoms with van der Waals surface area (Å²) in [7, 11) is 0. The van der Waals surface area contributed by atoms with Crippen LogP contribution in [0.2, 0.25) is 0 Å². The predicted octanol–water partition coefficient (Wildman–Crippen LogP) is 3.47. The van der Waals surface area contributed by atoms with Gasteiger partial charge in [0, 0.05) is 10.9 Å². The smallest absolute Gasteiger partial charge is 0.303 e. The van der Waals surface area contributed by atoms with Crippen molar-refractivity contribution in [2.24, 2.45) is 5.92 Å². The molecule has 0 heterocycles. The molecule has 0 saturated heterocycles. The molecule has 0 bridgehead atoms. The van der Waals surface area contributed by atoms with E-state index >= 15 is 0 Å². The number of carboxylic acids is 1. The number of hydrogen-bond donors (Lipinski definition) is 1. The lowest BCUT2D eigenvalue weighted by Gasteiger charge is -2.13. The van der Waals surface area contributed by atoms with E-state index in [-0.39, 0.29) is 18.4 Å². The maximum absolute atomic E-state index is 10.6. The summed E-state index contributed by atoms with van der Waals surface area (Å²) in [4.78, 5) is 10.6. The highest BCUT2D eigenvalue weighted by Crippen LogP contribution is 2.31. The molecule has 0 aliphatic heterocycles. The number of halogens is 1. The summed E-state index contributed by atoms with van der Waals surface area (Å²) in [5.41, 5.74) is 0. The predicted molar refractivity (Wildman–Crippen MR) is 68.2 cm³/mol. The lowest BCUT2D eigenvalue weighted by Crippen LogP contribution is -2.13. The Balaban J connectivity index is 1.85. The maximum atomic E-state index is 10.6. The van der Waals surface area contributed by atoms with Crippen molar-refractivity contribution in [2.75, 3.05) is 0 Å². The lowest BCUT2D eigenvalue weighted by atomic mass is 10.0. The van der Waals surface area contributed by atoms with Gasteiger partial charge in [-0.15, -0.1) is 0 Å². The minimum atomic E-state index is -0.709. The minimum Gasteiger partial charge on any atom is -0.490 e. The van der Waals surface area contributed by atoms with Gasteiger partial charge in [0.05, 0.1) is 6.10 Å². The molecule has 3 nitrogen and oxygen atoms in total. The van der Waals surface area contributed by atoms with Crippen LogP contribution in [0, 0.1) is 5.92 Å². The third kappa shape index (κ3) is 3.73. The van der Waals surface area contributed by atoms with Crippen LogP contribution in [0.5, 0.6) is 5.75 Å². The zero-order chi connectivity index (χ0) is 12.3. The summed E-state index contributed by atoms with van der Waals surface area (Å²) in [6, 6.07) is 7.74. The molecule has 2 rings (SSSR count). The maximum Gasteiger partial charge on any atom is 0.303 e. The summed E-state index contributed by atoms with van der Waals surface area (Å²) >= 11 is 3.37. The van der Waals surface area contributed by atoms with E-state index in [1.807, 2.05) is 24.3 Å². The van der Waals surface area contributed by atoms with Gasteiger partial charge < -0.3 is 9.84 Å². The van der Waals surface area contributed by atoms with E-state index in [0.717, 1.165) is 29.5 Å². The van der Waals surface area contributed by atoms with Crippen LogP contribution < -0.4 is 4.74 Å². The normalized spacial score (nSPS) is 23.6. The Morgan fingerprint density at radius 1 is 1.35 bits per heavy atom. The first kappa shape index (κ1) is 12.4. The molecule has 1 fully saturated rings. The van der Waals surface area contributed by atoms with Crippen LogP contribution in [0.15, 0.2) is 28.7 Å². The Morgan fingerprint density at radius 2 is 2.06 bits per heavy atom. The summed E-state index contributed by atoms with van der Waals surface area (Å²) < 4.78 is 6.86. The van der Waals surface area contributed by atoms with E-state index < -0.39 is 5.97 Å². The largest absolute Gasteiger partial charge is 0.490 e. The molecule has 0 amide bonds. The van der Waals surface area contributed by atoms with Gasteiger partial charge in [-0.2, -0.15) is 0 Å². The van der Waals surface area contributed by atoms with Gasteiger partial charge in [-0.25, -0.2) is 0 Å². The fourth-order valence-corrected chi connectivity index (χ4v) is 2.54. The zero-order valence-corrected chi connectivity index (χ0v) is 11.0. The molecule has 4 heteroatoms. The number of aliphatic carboxylic acids is 1. The van der Waals surface area contributed by atoms with E-state index in [0.29, 0.717) is 0 Å². The molecule has 1 aliphatic rings. The molecule has 1 aromatic carbocycles. The van der Waals surface area contributed by atoms with Crippen molar-refractivity contribution in [1.29, 1.82) is 0 Å². The van der Waals surface area contributed by atoms with Gasteiger partial charge in [-0.3, -0.25) is 4.79 Å². The van der Waals surface area contributed by atoms with Crippen LogP contribution in [0.4, 0.5) is 0 Å². The van der Waals surface area contributed by atoms with E-state index in [1.54, 1.807) is 0 Å². The molecule has 0 aromatic heterocycles. The second-order valence-corrected chi connectivity index (χ2v) is 5.39. The molecule has 0 radical (unpaired) electrons. The fourth-order valence-electron chi connectivity index (χ4n) is 2.27. The van der Waals surface area contributed by atoms with Crippen LogP contribution in [-0.4, -0.2) is 17.2 Å². The highest BCUT2D eigenvalue weighted by atomic mass is 79.9. The van der Waals surface area contributed by atoms with Crippen molar-refractivity contribution in [3.05, 3.63) is 28.7 Å². The first-order chi connectivity index (χ1) is 8.13. The van der Waals surface area contributed by atoms with Crippen molar-refractivity contribution < 1.29 is 14.6 Å². The molecule has 1 saturated carbocycles. The molecular weight excluding hydrogens is 284 g/mol. The molecule has 1 N–H and O–H groups in total. The average molecular weight is 299 g/mol.